The zero-order chi connectivity index (χ0) is 14.0. The van der Waals surface area contributed by atoms with Gasteiger partial charge < -0.3 is 10.6 Å². The molecule has 0 aliphatic carbocycles. The molecule has 0 spiro atoms. The first kappa shape index (κ1) is 13.4. The summed E-state index contributed by atoms with van der Waals surface area (Å²) in [7, 11) is 1.92. The van der Waals surface area contributed by atoms with E-state index in [0.29, 0.717) is 11.6 Å². The van der Waals surface area contributed by atoms with Crippen molar-refractivity contribution in [2.75, 3.05) is 17.7 Å². The van der Waals surface area contributed by atoms with Crippen LogP contribution in [-0.2, 0) is 0 Å². The summed E-state index contributed by atoms with van der Waals surface area (Å²) in [6, 6.07) is 12.8. The molecule has 2 rings (SSSR count). The van der Waals surface area contributed by atoms with Crippen LogP contribution in [0.3, 0.4) is 0 Å². The van der Waals surface area contributed by atoms with Crippen molar-refractivity contribution in [3.8, 4) is 0 Å². The number of rotatable bonds is 3. The molecule has 0 aromatic heterocycles. The molecule has 0 aliphatic heterocycles. The van der Waals surface area contributed by atoms with Crippen LogP contribution in [0, 0.1) is 5.82 Å². The molecule has 3 heteroatoms. The van der Waals surface area contributed by atoms with Gasteiger partial charge >= 0.3 is 0 Å². The monoisotopic (exact) mass is 258 g/mol. The lowest BCUT2D eigenvalue weighted by Crippen LogP contribution is -2.11. The third-order valence-electron chi connectivity index (χ3n) is 3.30. The van der Waals surface area contributed by atoms with E-state index >= 15 is 0 Å². The molecule has 0 fully saturated rings. The maximum absolute atomic E-state index is 13.1. The van der Waals surface area contributed by atoms with Crippen LogP contribution < -0.4 is 10.6 Å². The fourth-order valence-electron chi connectivity index (χ4n) is 2.05. The molecule has 100 valence electrons. The highest BCUT2D eigenvalue weighted by Gasteiger charge is 2.09. The normalized spacial score (nSPS) is 10.8. The van der Waals surface area contributed by atoms with Crippen LogP contribution in [0.15, 0.2) is 42.5 Å². The Balaban J connectivity index is 2.30. The van der Waals surface area contributed by atoms with Gasteiger partial charge in [-0.05, 0) is 41.8 Å². The second kappa shape index (κ2) is 5.31. The van der Waals surface area contributed by atoms with Crippen LogP contribution in [0.5, 0.6) is 0 Å². The van der Waals surface area contributed by atoms with Crippen LogP contribution in [0.1, 0.15) is 25.3 Å². The topological polar surface area (TPSA) is 29.3 Å². The van der Waals surface area contributed by atoms with Crippen molar-refractivity contribution in [1.82, 2.24) is 0 Å². The maximum atomic E-state index is 13.1. The van der Waals surface area contributed by atoms with Gasteiger partial charge in [-0.2, -0.15) is 0 Å². The molecule has 0 bridgehead atoms. The van der Waals surface area contributed by atoms with Crippen molar-refractivity contribution >= 4 is 17.1 Å². The summed E-state index contributed by atoms with van der Waals surface area (Å²) in [5.41, 5.74) is 9.43. The smallest absolute Gasteiger partial charge is 0.125 e. The summed E-state index contributed by atoms with van der Waals surface area (Å²) in [6.07, 6.45) is 0. The van der Waals surface area contributed by atoms with Gasteiger partial charge in [0.25, 0.3) is 0 Å². The second-order valence-electron chi connectivity index (χ2n) is 5.01. The van der Waals surface area contributed by atoms with Crippen molar-refractivity contribution in [3.05, 3.63) is 53.8 Å². The van der Waals surface area contributed by atoms with Crippen LogP contribution in [0.2, 0.25) is 0 Å². The Hall–Kier alpha value is -2.03. The van der Waals surface area contributed by atoms with Gasteiger partial charge in [0, 0.05) is 12.7 Å². The highest BCUT2D eigenvalue weighted by Crippen LogP contribution is 2.30. The molecular weight excluding hydrogens is 239 g/mol. The van der Waals surface area contributed by atoms with E-state index in [2.05, 4.69) is 38.1 Å². The molecule has 2 nitrogen and oxygen atoms in total. The van der Waals surface area contributed by atoms with Gasteiger partial charge in [-0.15, -0.1) is 0 Å². The highest BCUT2D eigenvalue weighted by atomic mass is 19.1. The van der Waals surface area contributed by atoms with Gasteiger partial charge in [0.1, 0.15) is 5.82 Å². The third kappa shape index (κ3) is 2.87. The zero-order valence-corrected chi connectivity index (χ0v) is 11.5. The molecule has 0 radical (unpaired) electrons. The number of halogens is 1. The van der Waals surface area contributed by atoms with Gasteiger partial charge in [-0.3, -0.25) is 0 Å². The molecule has 2 N–H and O–H groups in total. The molecule has 0 saturated carbocycles. The number of nitrogen functional groups attached to an aromatic ring is 1. The summed E-state index contributed by atoms with van der Waals surface area (Å²) in [6.45, 7) is 4.33. The minimum atomic E-state index is -0.315. The van der Waals surface area contributed by atoms with E-state index in [4.69, 9.17) is 5.73 Å². The Morgan fingerprint density at radius 2 is 1.68 bits per heavy atom. The Morgan fingerprint density at radius 1 is 1.05 bits per heavy atom. The number of nitrogens with zero attached hydrogens (tertiary/aromatic N) is 1. The number of hydrogen-bond acceptors (Lipinski definition) is 2. The van der Waals surface area contributed by atoms with Crippen molar-refractivity contribution in [2.45, 2.75) is 19.8 Å². The van der Waals surface area contributed by atoms with Crippen molar-refractivity contribution < 1.29 is 4.39 Å². The van der Waals surface area contributed by atoms with Crippen LogP contribution in [0.25, 0.3) is 0 Å². The van der Waals surface area contributed by atoms with E-state index in [9.17, 15) is 4.39 Å². The van der Waals surface area contributed by atoms with Crippen molar-refractivity contribution in [3.63, 3.8) is 0 Å². The van der Waals surface area contributed by atoms with Gasteiger partial charge in [0.2, 0.25) is 0 Å². The van der Waals surface area contributed by atoms with Gasteiger partial charge in [-0.1, -0.05) is 26.0 Å². The Labute approximate surface area is 113 Å². The Kier molecular flexibility index (Phi) is 3.74. The van der Waals surface area contributed by atoms with E-state index in [1.54, 1.807) is 6.07 Å². The molecule has 0 heterocycles. The fraction of sp³-hybridized carbons (Fsp3) is 0.250. The Bertz CT molecular complexity index is 561. The molecule has 19 heavy (non-hydrogen) atoms. The first-order valence-electron chi connectivity index (χ1n) is 6.37. The molecule has 0 unspecified atom stereocenters. The van der Waals surface area contributed by atoms with E-state index in [1.807, 2.05) is 11.9 Å². The molecule has 2 aromatic carbocycles. The largest absolute Gasteiger partial charge is 0.397 e. The Morgan fingerprint density at radius 3 is 2.21 bits per heavy atom. The lowest BCUT2D eigenvalue weighted by molar-refractivity contribution is 0.628. The van der Waals surface area contributed by atoms with Gasteiger partial charge in [0.15, 0.2) is 0 Å². The van der Waals surface area contributed by atoms with E-state index < -0.39 is 0 Å². The van der Waals surface area contributed by atoms with Crippen LogP contribution >= 0.6 is 0 Å². The van der Waals surface area contributed by atoms with E-state index in [1.165, 1.54) is 17.7 Å². The molecule has 0 atom stereocenters. The van der Waals surface area contributed by atoms with E-state index in [0.717, 1.165) is 11.4 Å². The fourth-order valence-corrected chi connectivity index (χ4v) is 2.05. The van der Waals surface area contributed by atoms with Crippen molar-refractivity contribution in [1.29, 1.82) is 0 Å². The SMILES string of the molecule is CC(C)c1ccc(N(C)c2ccc(F)cc2N)cc1. The molecule has 2 aromatic rings. The number of nitrogens with two attached hydrogens (primary N) is 1. The van der Waals surface area contributed by atoms with Crippen LogP contribution in [0.4, 0.5) is 21.5 Å². The van der Waals surface area contributed by atoms with Gasteiger partial charge in [0.05, 0.1) is 11.4 Å². The summed E-state index contributed by atoms with van der Waals surface area (Å²) >= 11 is 0. The highest BCUT2D eigenvalue weighted by molar-refractivity contribution is 5.74. The standard InChI is InChI=1S/C16H19FN2/c1-11(2)12-4-7-14(8-5-12)19(3)16-9-6-13(17)10-15(16)18/h4-11H,18H2,1-3H3. The average Bonchev–Trinajstić information content (AvgIpc) is 2.38. The first-order valence-corrected chi connectivity index (χ1v) is 6.37. The molecule has 0 amide bonds. The quantitative estimate of drug-likeness (QED) is 0.832. The molecule has 0 aliphatic rings. The first-order chi connectivity index (χ1) is 8.99. The summed E-state index contributed by atoms with van der Waals surface area (Å²) in [5, 5.41) is 0. The molecular formula is C16H19FN2. The predicted octanol–water partition coefficient (Wildman–Crippen LogP) is 4.30. The number of hydrogen-bond donors (Lipinski definition) is 1. The van der Waals surface area contributed by atoms with E-state index in [-0.39, 0.29) is 5.82 Å². The molecule has 0 saturated heterocycles. The maximum Gasteiger partial charge on any atom is 0.125 e. The minimum Gasteiger partial charge on any atom is -0.397 e. The minimum absolute atomic E-state index is 0.315. The third-order valence-corrected chi connectivity index (χ3v) is 3.30. The lowest BCUT2D eigenvalue weighted by Gasteiger charge is -2.21. The van der Waals surface area contributed by atoms with Crippen LogP contribution in [-0.4, -0.2) is 7.05 Å². The summed E-state index contributed by atoms with van der Waals surface area (Å²) in [5.74, 6) is 0.194. The summed E-state index contributed by atoms with van der Waals surface area (Å²) < 4.78 is 13.1. The van der Waals surface area contributed by atoms with Crippen molar-refractivity contribution in [2.24, 2.45) is 0 Å². The predicted molar refractivity (Wildman–Crippen MR) is 79.4 cm³/mol. The average molecular weight is 258 g/mol. The van der Waals surface area contributed by atoms with Gasteiger partial charge in [-0.25, -0.2) is 4.39 Å². The lowest BCUT2D eigenvalue weighted by atomic mass is 10.0. The number of benzene rings is 2. The zero-order valence-electron chi connectivity index (χ0n) is 11.5. The second-order valence-corrected chi connectivity index (χ2v) is 5.01. The summed E-state index contributed by atoms with van der Waals surface area (Å²) in [4.78, 5) is 1.96. The number of anilines is 3.